The van der Waals surface area contributed by atoms with Crippen molar-refractivity contribution in [1.29, 1.82) is 0 Å². The minimum Gasteiger partial charge on any atom is -0.507 e. The standard InChI is InChI=1S/C28H32N2O6/c1-3-16-36-23-7-5-6-21(19-23)25-24(26(31)20-8-10-22(11-9-20)35-4-2)27(32)28(33)30(25)13-12-29-14-17-34-18-15-29/h3,5-11,19,25,31H,1,4,12-18H2,2H3/b26-24+/t25-/m1/s1. The second-order valence-corrected chi connectivity index (χ2v) is 8.58. The normalized spacial score (nSPS) is 19.9. The minimum absolute atomic E-state index is 0.0620. The van der Waals surface area contributed by atoms with Crippen molar-refractivity contribution in [3.05, 3.63) is 77.9 Å². The van der Waals surface area contributed by atoms with Gasteiger partial charge in [0.25, 0.3) is 11.7 Å². The summed E-state index contributed by atoms with van der Waals surface area (Å²) in [5.41, 5.74) is 1.19. The Labute approximate surface area is 211 Å². The molecule has 2 heterocycles. The topological polar surface area (TPSA) is 88.5 Å². The monoisotopic (exact) mass is 492 g/mol. The average Bonchev–Trinajstić information content (AvgIpc) is 3.16. The molecule has 0 aromatic heterocycles. The molecule has 2 fully saturated rings. The van der Waals surface area contributed by atoms with Crippen LogP contribution in [0.15, 0.2) is 66.8 Å². The molecule has 0 saturated carbocycles. The number of ketones is 1. The first kappa shape index (κ1) is 25.5. The molecule has 0 bridgehead atoms. The summed E-state index contributed by atoms with van der Waals surface area (Å²) in [5.74, 6) is -0.299. The van der Waals surface area contributed by atoms with E-state index < -0.39 is 17.7 Å². The van der Waals surface area contributed by atoms with Gasteiger partial charge in [-0.2, -0.15) is 0 Å². The SMILES string of the molecule is C=CCOc1cccc([C@@H]2/C(=C(\O)c3ccc(OCC)cc3)C(=O)C(=O)N2CCN2CCOCC2)c1. The van der Waals surface area contributed by atoms with Crippen LogP contribution in [0.2, 0.25) is 0 Å². The van der Waals surface area contributed by atoms with Gasteiger partial charge in [-0.15, -0.1) is 0 Å². The van der Waals surface area contributed by atoms with E-state index in [1.54, 1.807) is 47.4 Å². The van der Waals surface area contributed by atoms with E-state index in [0.717, 1.165) is 13.1 Å². The number of morpholine rings is 1. The van der Waals surface area contributed by atoms with Gasteiger partial charge in [0.1, 0.15) is 23.9 Å². The van der Waals surface area contributed by atoms with E-state index in [1.165, 1.54) is 0 Å². The highest BCUT2D eigenvalue weighted by molar-refractivity contribution is 6.46. The van der Waals surface area contributed by atoms with Gasteiger partial charge < -0.3 is 24.2 Å². The van der Waals surface area contributed by atoms with E-state index >= 15 is 0 Å². The molecule has 2 aromatic carbocycles. The molecule has 0 aliphatic carbocycles. The van der Waals surface area contributed by atoms with Crippen molar-refractivity contribution in [1.82, 2.24) is 9.80 Å². The number of rotatable bonds is 10. The van der Waals surface area contributed by atoms with Gasteiger partial charge in [0.2, 0.25) is 0 Å². The predicted molar refractivity (Wildman–Crippen MR) is 136 cm³/mol. The van der Waals surface area contributed by atoms with Crippen LogP contribution in [0.25, 0.3) is 5.76 Å². The van der Waals surface area contributed by atoms with Crippen LogP contribution in [-0.2, 0) is 14.3 Å². The number of aliphatic hydroxyl groups is 1. The van der Waals surface area contributed by atoms with Crippen molar-refractivity contribution < 1.29 is 28.9 Å². The third-order valence-electron chi connectivity index (χ3n) is 6.28. The molecule has 36 heavy (non-hydrogen) atoms. The lowest BCUT2D eigenvalue weighted by molar-refractivity contribution is -0.140. The minimum atomic E-state index is -0.745. The number of aliphatic hydroxyl groups excluding tert-OH is 1. The zero-order valence-corrected chi connectivity index (χ0v) is 20.5. The molecule has 190 valence electrons. The van der Waals surface area contributed by atoms with Gasteiger partial charge in [0.05, 0.1) is 31.4 Å². The Kier molecular flexibility index (Phi) is 8.40. The van der Waals surface area contributed by atoms with E-state index in [9.17, 15) is 14.7 Å². The lowest BCUT2D eigenvalue weighted by Gasteiger charge is -2.31. The van der Waals surface area contributed by atoms with E-state index in [4.69, 9.17) is 14.2 Å². The first-order valence-electron chi connectivity index (χ1n) is 12.2. The zero-order chi connectivity index (χ0) is 25.5. The van der Waals surface area contributed by atoms with Crippen LogP contribution in [0.5, 0.6) is 11.5 Å². The molecule has 2 saturated heterocycles. The van der Waals surface area contributed by atoms with Crippen LogP contribution >= 0.6 is 0 Å². The molecule has 2 aliphatic heterocycles. The van der Waals surface area contributed by atoms with Crippen molar-refractivity contribution in [2.45, 2.75) is 13.0 Å². The molecular weight excluding hydrogens is 460 g/mol. The highest BCUT2D eigenvalue weighted by Crippen LogP contribution is 2.40. The summed E-state index contributed by atoms with van der Waals surface area (Å²) >= 11 is 0. The van der Waals surface area contributed by atoms with E-state index in [0.29, 0.717) is 62.1 Å². The third kappa shape index (κ3) is 5.61. The molecule has 1 N–H and O–H groups in total. The Bertz CT molecular complexity index is 1120. The predicted octanol–water partition coefficient (Wildman–Crippen LogP) is 3.40. The number of carbonyl (C=O) groups excluding carboxylic acids is 2. The Balaban J connectivity index is 1.72. The molecule has 8 nitrogen and oxygen atoms in total. The van der Waals surface area contributed by atoms with E-state index in [1.807, 2.05) is 19.1 Å². The molecule has 0 radical (unpaired) electrons. The van der Waals surface area contributed by atoms with Gasteiger partial charge in [-0.1, -0.05) is 24.8 Å². The van der Waals surface area contributed by atoms with Gasteiger partial charge in [-0.25, -0.2) is 0 Å². The molecule has 8 heteroatoms. The van der Waals surface area contributed by atoms with Crippen LogP contribution in [0.1, 0.15) is 24.1 Å². The fourth-order valence-corrected chi connectivity index (χ4v) is 4.49. The third-order valence-corrected chi connectivity index (χ3v) is 6.28. The lowest BCUT2D eigenvalue weighted by Crippen LogP contribution is -2.42. The maximum atomic E-state index is 13.3. The number of hydrogen-bond donors (Lipinski definition) is 1. The van der Waals surface area contributed by atoms with Crippen molar-refractivity contribution in [2.75, 3.05) is 52.6 Å². The Morgan fingerprint density at radius 2 is 1.83 bits per heavy atom. The van der Waals surface area contributed by atoms with Crippen molar-refractivity contribution >= 4 is 17.4 Å². The molecular formula is C28H32N2O6. The summed E-state index contributed by atoms with van der Waals surface area (Å²) in [5, 5.41) is 11.3. The molecule has 0 spiro atoms. The number of Topliss-reactive ketones (excluding diaryl/α,β-unsaturated/α-hetero) is 1. The second-order valence-electron chi connectivity index (χ2n) is 8.58. The molecule has 1 amide bonds. The summed E-state index contributed by atoms with van der Waals surface area (Å²) in [4.78, 5) is 30.3. The summed E-state index contributed by atoms with van der Waals surface area (Å²) < 4.78 is 16.6. The number of amides is 1. The Morgan fingerprint density at radius 3 is 2.53 bits per heavy atom. The maximum absolute atomic E-state index is 13.3. The Hall–Kier alpha value is -3.62. The number of likely N-dealkylation sites (tertiary alicyclic amines) is 1. The van der Waals surface area contributed by atoms with Gasteiger partial charge in [-0.3, -0.25) is 14.5 Å². The van der Waals surface area contributed by atoms with Crippen LogP contribution in [0.3, 0.4) is 0 Å². The second kappa shape index (κ2) is 11.9. The van der Waals surface area contributed by atoms with Crippen molar-refractivity contribution in [2.24, 2.45) is 0 Å². The van der Waals surface area contributed by atoms with E-state index in [2.05, 4.69) is 11.5 Å². The molecule has 2 aliphatic rings. The number of carbonyl (C=O) groups is 2. The van der Waals surface area contributed by atoms with Crippen molar-refractivity contribution in [3.63, 3.8) is 0 Å². The van der Waals surface area contributed by atoms with Crippen LogP contribution in [0.4, 0.5) is 0 Å². The zero-order valence-electron chi connectivity index (χ0n) is 20.5. The fraction of sp³-hybridized carbons (Fsp3) is 0.357. The molecule has 4 rings (SSSR count). The van der Waals surface area contributed by atoms with Crippen LogP contribution < -0.4 is 9.47 Å². The summed E-state index contributed by atoms with van der Waals surface area (Å²) in [6, 6.07) is 13.3. The number of benzene rings is 2. The fourth-order valence-electron chi connectivity index (χ4n) is 4.49. The number of ether oxygens (including phenoxy) is 3. The lowest BCUT2D eigenvalue weighted by atomic mass is 9.95. The maximum Gasteiger partial charge on any atom is 0.295 e. The van der Waals surface area contributed by atoms with Crippen LogP contribution in [-0.4, -0.2) is 79.2 Å². The quantitative estimate of drug-likeness (QED) is 0.235. The summed E-state index contributed by atoms with van der Waals surface area (Å²) in [6.07, 6.45) is 1.65. The van der Waals surface area contributed by atoms with Gasteiger partial charge in [0.15, 0.2) is 0 Å². The molecule has 2 aromatic rings. The van der Waals surface area contributed by atoms with Gasteiger partial charge >= 0.3 is 0 Å². The highest BCUT2D eigenvalue weighted by Gasteiger charge is 2.46. The molecule has 0 unspecified atom stereocenters. The average molecular weight is 493 g/mol. The number of hydrogen-bond acceptors (Lipinski definition) is 7. The highest BCUT2D eigenvalue weighted by atomic mass is 16.5. The Morgan fingerprint density at radius 1 is 1.08 bits per heavy atom. The van der Waals surface area contributed by atoms with Gasteiger partial charge in [0, 0.05) is 31.7 Å². The van der Waals surface area contributed by atoms with Crippen molar-refractivity contribution in [3.8, 4) is 11.5 Å². The van der Waals surface area contributed by atoms with Gasteiger partial charge in [-0.05, 0) is 48.9 Å². The summed E-state index contributed by atoms with van der Waals surface area (Å²) in [7, 11) is 0. The first-order valence-corrected chi connectivity index (χ1v) is 12.2. The summed E-state index contributed by atoms with van der Waals surface area (Å²) in [6.45, 7) is 10.2. The van der Waals surface area contributed by atoms with Crippen LogP contribution in [0, 0.1) is 0 Å². The smallest absolute Gasteiger partial charge is 0.295 e. The largest absolute Gasteiger partial charge is 0.507 e. The van der Waals surface area contributed by atoms with E-state index in [-0.39, 0.29) is 11.3 Å². The number of nitrogens with zero attached hydrogens (tertiary/aromatic N) is 2. The first-order chi connectivity index (χ1) is 17.5. The molecule has 1 atom stereocenters.